The number of hydrogen-bond donors (Lipinski definition) is 2. The Morgan fingerprint density at radius 2 is 2.22 bits per heavy atom. The zero-order chi connectivity index (χ0) is 19.1. The molecule has 3 heterocycles. The van der Waals surface area contributed by atoms with Crippen molar-refractivity contribution in [2.75, 3.05) is 46.5 Å². The van der Waals surface area contributed by atoms with Crippen molar-refractivity contribution in [3.8, 4) is 0 Å². The second-order valence-corrected chi connectivity index (χ2v) is 7.16. The summed E-state index contributed by atoms with van der Waals surface area (Å²) < 4.78 is 12.6. The molecule has 152 valence electrons. The Kier molecular flexibility index (Phi) is 7.42. The van der Waals surface area contributed by atoms with E-state index in [1.807, 2.05) is 4.68 Å². The highest BCUT2D eigenvalue weighted by molar-refractivity contribution is 5.80. The Bertz CT molecular complexity index is 613. The Hall–Kier alpha value is -1.71. The number of methoxy groups -OCH3 is 1. The summed E-state index contributed by atoms with van der Waals surface area (Å²) in [7, 11) is 1.67. The lowest BCUT2D eigenvalue weighted by Gasteiger charge is -2.31. The van der Waals surface area contributed by atoms with Crippen LogP contribution in [0.2, 0.25) is 0 Å². The molecule has 2 aliphatic rings. The number of aliphatic imine (C=N–C) groups is 1. The van der Waals surface area contributed by atoms with Crippen molar-refractivity contribution in [3.05, 3.63) is 11.6 Å². The molecule has 0 radical (unpaired) electrons. The largest absolute Gasteiger partial charge is 0.379 e. The normalized spacial score (nSPS) is 22.3. The van der Waals surface area contributed by atoms with E-state index in [0.29, 0.717) is 18.7 Å². The van der Waals surface area contributed by atoms with E-state index in [0.717, 1.165) is 76.4 Å². The van der Waals surface area contributed by atoms with Crippen molar-refractivity contribution in [1.82, 2.24) is 30.3 Å². The molecule has 9 heteroatoms. The second kappa shape index (κ2) is 10.0. The fraction of sp³-hybridized carbons (Fsp3) is 0.833. The zero-order valence-electron chi connectivity index (χ0n) is 16.8. The minimum Gasteiger partial charge on any atom is -0.379 e. The number of guanidine groups is 1. The third-order valence-corrected chi connectivity index (χ3v) is 5.04. The van der Waals surface area contributed by atoms with Gasteiger partial charge in [0.15, 0.2) is 11.8 Å². The summed E-state index contributed by atoms with van der Waals surface area (Å²) in [5, 5.41) is 11.5. The molecule has 1 aromatic heterocycles. The van der Waals surface area contributed by atoms with Gasteiger partial charge in [0.2, 0.25) is 0 Å². The Morgan fingerprint density at radius 3 is 2.96 bits per heavy atom. The van der Waals surface area contributed by atoms with E-state index in [1.165, 1.54) is 0 Å². The first-order valence-electron chi connectivity index (χ1n) is 9.97. The van der Waals surface area contributed by atoms with Crippen molar-refractivity contribution in [2.45, 2.75) is 51.9 Å². The van der Waals surface area contributed by atoms with Crippen LogP contribution < -0.4 is 10.6 Å². The van der Waals surface area contributed by atoms with Crippen LogP contribution in [0, 0.1) is 0 Å². The van der Waals surface area contributed by atoms with Crippen LogP contribution in [0.25, 0.3) is 0 Å². The molecule has 2 unspecified atom stereocenters. The summed E-state index contributed by atoms with van der Waals surface area (Å²) in [6.45, 7) is 10.8. The van der Waals surface area contributed by atoms with E-state index in [-0.39, 0.29) is 0 Å². The molecule has 1 fully saturated rings. The van der Waals surface area contributed by atoms with Crippen LogP contribution in [0.4, 0.5) is 0 Å². The molecule has 2 atom stereocenters. The smallest absolute Gasteiger partial charge is 0.191 e. The summed E-state index contributed by atoms with van der Waals surface area (Å²) in [6, 6.07) is 0.709. The second-order valence-electron chi connectivity index (χ2n) is 7.16. The van der Waals surface area contributed by atoms with Gasteiger partial charge in [0, 0.05) is 45.2 Å². The van der Waals surface area contributed by atoms with Crippen molar-refractivity contribution in [3.63, 3.8) is 0 Å². The molecule has 0 spiro atoms. The molecule has 3 rings (SSSR count). The predicted molar refractivity (Wildman–Crippen MR) is 104 cm³/mol. The number of aromatic nitrogens is 3. The predicted octanol–water partition coefficient (Wildman–Crippen LogP) is 0.0151. The average Bonchev–Trinajstić information content (AvgIpc) is 3.08. The Balaban J connectivity index is 1.55. The molecule has 0 aromatic carbocycles. The summed E-state index contributed by atoms with van der Waals surface area (Å²) in [5.41, 5.74) is 0. The highest BCUT2D eigenvalue weighted by Gasteiger charge is 2.23. The number of hydrogen-bond acceptors (Lipinski definition) is 6. The van der Waals surface area contributed by atoms with Gasteiger partial charge in [0.1, 0.15) is 12.4 Å². The van der Waals surface area contributed by atoms with Crippen molar-refractivity contribution < 1.29 is 9.47 Å². The van der Waals surface area contributed by atoms with Gasteiger partial charge < -0.3 is 20.1 Å². The first-order chi connectivity index (χ1) is 13.2. The van der Waals surface area contributed by atoms with Gasteiger partial charge in [-0.2, -0.15) is 5.10 Å². The van der Waals surface area contributed by atoms with Crippen LogP contribution in [0.5, 0.6) is 0 Å². The van der Waals surface area contributed by atoms with Crippen LogP contribution >= 0.6 is 0 Å². The minimum atomic E-state index is 0.297. The minimum absolute atomic E-state index is 0.297. The fourth-order valence-corrected chi connectivity index (χ4v) is 3.54. The van der Waals surface area contributed by atoms with E-state index in [1.54, 1.807) is 7.11 Å². The molecule has 1 aromatic rings. The number of nitrogens with zero attached hydrogens (tertiary/aromatic N) is 5. The van der Waals surface area contributed by atoms with E-state index in [4.69, 9.17) is 14.5 Å². The Morgan fingerprint density at radius 1 is 1.41 bits per heavy atom. The van der Waals surface area contributed by atoms with E-state index < -0.39 is 0 Å². The lowest BCUT2D eigenvalue weighted by Crippen LogP contribution is -2.48. The highest BCUT2D eigenvalue weighted by atomic mass is 16.5. The first kappa shape index (κ1) is 20.0. The molecule has 27 heavy (non-hydrogen) atoms. The number of morpholine rings is 1. The molecular weight excluding hydrogens is 346 g/mol. The number of aryl methyl sites for hydroxylation is 1. The number of ether oxygens (including phenoxy) is 2. The number of rotatable bonds is 7. The summed E-state index contributed by atoms with van der Waals surface area (Å²) in [6.07, 6.45) is 1.94. The summed E-state index contributed by atoms with van der Waals surface area (Å²) in [5.74, 6) is 2.68. The number of fused-ring (bicyclic) bond motifs is 1. The maximum Gasteiger partial charge on any atom is 0.191 e. The van der Waals surface area contributed by atoms with Gasteiger partial charge >= 0.3 is 0 Å². The van der Waals surface area contributed by atoms with Gasteiger partial charge in [0.05, 0.1) is 26.3 Å². The quantitative estimate of drug-likeness (QED) is 0.510. The van der Waals surface area contributed by atoms with Crippen molar-refractivity contribution in [1.29, 1.82) is 0 Å². The van der Waals surface area contributed by atoms with E-state index >= 15 is 0 Å². The van der Waals surface area contributed by atoms with Gasteiger partial charge in [-0.05, 0) is 20.3 Å². The first-order valence-corrected chi connectivity index (χ1v) is 9.97. The van der Waals surface area contributed by atoms with Gasteiger partial charge in [-0.25, -0.2) is 9.67 Å². The van der Waals surface area contributed by atoms with Crippen molar-refractivity contribution >= 4 is 5.96 Å². The van der Waals surface area contributed by atoms with Gasteiger partial charge in [-0.3, -0.25) is 9.89 Å². The fourth-order valence-electron chi connectivity index (χ4n) is 3.54. The lowest BCUT2D eigenvalue weighted by atomic mass is 10.1. The van der Waals surface area contributed by atoms with Gasteiger partial charge in [-0.1, -0.05) is 0 Å². The molecular formula is C18H33N7O2. The van der Waals surface area contributed by atoms with Crippen LogP contribution in [-0.2, 0) is 29.0 Å². The molecule has 9 nitrogen and oxygen atoms in total. The number of nitrogens with one attached hydrogen (secondary N) is 2. The topological polar surface area (TPSA) is 88.8 Å². The summed E-state index contributed by atoms with van der Waals surface area (Å²) in [4.78, 5) is 11.8. The molecule has 0 saturated carbocycles. The molecule has 2 N–H and O–H groups in total. The van der Waals surface area contributed by atoms with Crippen LogP contribution in [-0.4, -0.2) is 84.2 Å². The molecule has 0 aliphatic carbocycles. The van der Waals surface area contributed by atoms with Crippen LogP contribution in [0.15, 0.2) is 4.99 Å². The summed E-state index contributed by atoms with van der Waals surface area (Å²) >= 11 is 0. The lowest BCUT2D eigenvalue weighted by molar-refractivity contribution is 0.0220. The standard InChI is InChI=1S/C18H33N7O2/c1-4-19-18(20-11-14(2)24-7-9-27-10-8-24)21-15-5-6-17-22-16(13-26-3)23-25(17)12-15/h14-15H,4-13H2,1-3H3,(H2,19,20,21). The van der Waals surface area contributed by atoms with Crippen LogP contribution in [0.1, 0.15) is 31.9 Å². The van der Waals surface area contributed by atoms with Gasteiger partial charge in [0.25, 0.3) is 0 Å². The van der Waals surface area contributed by atoms with Crippen LogP contribution in [0.3, 0.4) is 0 Å². The van der Waals surface area contributed by atoms with Crippen molar-refractivity contribution in [2.24, 2.45) is 4.99 Å². The maximum atomic E-state index is 5.44. The van der Waals surface area contributed by atoms with E-state index in [2.05, 4.69) is 39.5 Å². The molecule has 2 aliphatic heterocycles. The monoisotopic (exact) mass is 379 g/mol. The van der Waals surface area contributed by atoms with E-state index in [9.17, 15) is 0 Å². The third kappa shape index (κ3) is 5.63. The SMILES string of the molecule is CCNC(=NCC(C)N1CCOCC1)NC1CCc2nc(COC)nn2C1. The molecule has 0 bridgehead atoms. The molecule has 1 saturated heterocycles. The van der Waals surface area contributed by atoms with Gasteiger partial charge in [-0.15, -0.1) is 0 Å². The maximum absolute atomic E-state index is 5.44. The third-order valence-electron chi connectivity index (χ3n) is 5.04. The highest BCUT2D eigenvalue weighted by Crippen LogP contribution is 2.13. The molecule has 0 amide bonds. The average molecular weight is 380 g/mol. The Labute approximate surface area is 161 Å². The zero-order valence-corrected chi connectivity index (χ0v) is 16.8.